The number of hydrogen-bond donors (Lipinski definition) is 1. The fourth-order valence-corrected chi connectivity index (χ4v) is 5.08. The summed E-state index contributed by atoms with van der Waals surface area (Å²) in [5, 5.41) is 3.31. The van der Waals surface area contributed by atoms with Crippen LogP contribution in [0.1, 0.15) is 45.9 Å². The van der Waals surface area contributed by atoms with Crippen LogP contribution in [0.25, 0.3) is 0 Å². The van der Waals surface area contributed by atoms with Crippen molar-refractivity contribution in [3.05, 3.63) is 17.0 Å². The lowest BCUT2D eigenvalue weighted by molar-refractivity contribution is 0.343. The lowest BCUT2D eigenvalue weighted by Gasteiger charge is -2.25. The summed E-state index contributed by atoms with van der Waals surface area (Å²) < 4.78 is 27.3. The van der Waals surface area contributed by atoms with Crippen molar-refractivity contribution in [2.75, 3.05) is 6.54 Å². The predicted octanol–water partition coefficient (Wildman–Crippen LogP) is 3.06. The van der Waals surface area contributed by atoms with Crippen LogP contribution in [0.2, 0.25) is 0 Å². The van der Waals surface area contributed by atoms with E-state index in [9.17, 15) is 8.42 Å². The minimum absolute atomic E-state index is 0.0318. The maximum atomic E-state index is 12.6. The highest BCUT2D eigenvalue weighted by Crippen LogP contribution is 2.26. The van der Waals surface area contributed by atoms with Crippen molar-refractivity contribution in [1.82, 2.24) is 9.62 Å². The summed E-state index contributed by atoms with van der Waals surface area (Å²) in [6, 6.07) is 4.05. The van der Waals surface area contributed by atoms with Crippen molar-refractivity contribution < 1.29 is 8.42 Å². The van der Waals surface area contributed by atoms with Gasteiger partial charge in [-0.25, -0.2) is 8.42 Å². The summed E-state index contributed by atoms with van der Waals surface area (Å²) >= 11 is 1.36. The Morgan fingerprint density at radius 1 is 1.25 bits per heavy atom. The Hall–Kier alpha value is -0.430. The first-order valence-electron chi connectivity index (χ1n) is 7.16. The fraction of sp³-hybridized carbons (Fsp3) is 0.714. The molecule has 0 saturated heterocycles. The van der Waals surface area contributed by atoms with Crippen LogP contribution < -0.4 is 5.32 Å². The molecule has 6 heteroatoms. The summed E-state index contributed by atoms with van der Waals surface area (Å²) in [5.41, 5.74) is 0. The van der Waals surface area contributed by atoms with Gasteiger partial charge in [-0.1, -0.05) is 27.7 Å². The summed E-state index contributed by atoms with van der Waals surface area (Å²) in [6.07, 6.45) is 0.820. The quantitative estimate of drug-likeness (QED) is 0.801. The monoisotopic (exact) mass is 318 g/mol. The van der Waals surface area contributed by atoms with Crippen molar-refractivity contribution in [3.8, 4) is 0 Å². The zero-order chi connectivity index (χ0) is 15.3. The van der Waals surface area contributed by atoms with Crippen molar-refractivity contribution in [1.29, 1.82) is 0 Å². The third-order valence-electron chi connectivity index (χ3n) is 3.28. The minimum Gasteiger partial charge on any atom is -0.310 e. The van der Waals surface area contributed by atoms with Crippen molar-refractivity contribution >= 4 is 21.4 Å². The van der Waals surface area contributed by atoms with Crippen molar-refractivity contribution in [2.24, 2.45) is 0 Å². The van der Waals surface area contributed by atoms with E-state index in [1.54, 1.807) is 10.4 Å². The molecule has 20 heavy (non-hydrogen) atoms. The van der Waals surface area contributed by atoms with Crippen LogP contribution >= 0.6 is 11.3 Å². The number of sulfonamides is 1. The van der Waals surface area contributed by atoms with Gasteiger partial charge in [0, 0.05) is 30.1 Å². The molecule has 1 atom stereocenters. The predicted molar refractivity (Wildman–Crippen MR) is 85.6 cm³/mol. The Balaban J connectivity index is 2.92. The maximum Gasteiger partial charge on any atom is 0.252 e. The molecule has 1 aromatic rings. The molecule has 0 spiro atoms. The molecule has 1 rings (SSSR count). The summed E-state index contributed by atoms with van der Waals surface area (Å²) in [4.78, 5) is 1.05. The zero-order valence-electron chi connectivity index (χ0n) is 13.0. The Morgan fingerprint density at radius 3 is 2.40 bits per heavy atom. The van der Waals surface area contributed by atoms with Crippen LogP contribution in [-0.4, -0.2) is 31.4 Å². The van der Waals surface area contributed by atoms with E-state index in [1.165, 1.54) is 11.3 Å². The first-order valence-corrected chi connectivity index (χ1v) is 9.42. The average Bonchev–Trinajstić information content (AvgIpc) is 2.86. The Kier molecular flexibility index (Phi) is 6.64. The van der Waals surface area contributed by atoms with Gasteiger partial charge in [-0.2, -0.15) is 4.31 Å². The van der Waals surface area contributed by atoms with E-state index in [4.69, 9.17) is 0 Å². The SMILES string of the molecule is CCC(C)N(CC)S(=O)(=O)c1ccc(CNC(C)C)s1. The van der Waals surface area contributed by atoms with Crippen LogP contribution in [0.4, 0.5) is 0 Å². The van der Waals surface area contributed by atoms with E-state index < -0.39 is 10.0 Å². The molecule has 1 unspecified atom stereocenters. The first-order chi connectivity index (χ1) is 9.32. The second kappa shape index (κ2) is 7.54. The Bertz CT molecular complexity index is 509. The molecular formula is C14H26N2O2S2. The van der Waals surface area contributed by atoms with Crippen molar-refractivity contribution in [2.45, 2.75) is 63.9 Å². The molecule has 0 radical (unpaired) electrons. The average molecular weight is 319 g/mol. The van der Waals surface area contributed by atoms with E-state index in [1.807, 2.05) is 26.8 Å². The van der Waals surface area contributed by atoms with Crippen LogP contribution in [0, 0.1) is 0 Å². The van der Waals surface area contributed by atoms with Gasteiger partial charge in [-0.05, 0) is 25.5 Å². The van der Waals surface area contributed by atoms with Gasteiger partial charge in [0.15, 0.2) is 0 Å². The Morgan fingerprint density at radius 2 is 1.90 bits per heavy atom. The first kappa shape index (κ1) is 17.6. The molecule has 0 aliphatic carbocycles. The van der Waals surface area contributed by atoms with Gasteiger partial charge < -0.3 is 5.32 Å². The third kappa shape index (κ3) is 4.28. The summed E-state index contributed by atoms with van der Waals surface area (Å²) in [7, 11) is -3.36. The molecule has 0 aliphatic rings. The molecule has 1 heterocycles. The number of nitrogens with zero attached hydrogens (tertiary/aromatic N) is 1. The number of hydrogen-bond acceptors (Lipinski definition) is 4. The van der Waals surface area contributed by atoms with Gasteiger partial charge in [0.1, 0.15) is 4.21 Å². The summed E-state index contributed by atoms with van der Waals surface area (Å²) in [5.74, 6) is 0. The molecule has 0 aliphatic heterocycles. The van der Waals surface area contributed by atoms with Gasteiger partial charge >= 0.3 is 0 Å². The molecule has 1 N–H and O–H groups in total. The summed E-state index contributed by atoms with van der Waals surface area (Å²) in [6.45, 7) is 11.2. The van der Waals surface area contributed by atoms with Crippen molar-refractivity contribution in [3.63, 3.8) is 0 Å². The molecule has 1 aromatic heterocycles. The van der Waals surface area contributed by atoms with Crippen LogP contribution in [0.5, 0.6) is 0 Å². The number of rotatable bonds is 8. The topological polar surface area (TPSA) is 49.4 Å². The molecule has 0 bridgehead atoms. The maximum absolute atomic E-state index is 12.6. The van der Waals surface area contributed by atoms with Gasteiger partial charge in [0.25, 0.3) is 10.0 Å². The molecule has 0 aromatic carbocycles. The van der Waals surface area contributed by atoms with E-state index in [-0.39, 0.29) is 6.04 Å². The zero-order valence-corrected chi connectivity index (χ0v) is 14.6. The molecular weight excluding hydrogens is 292 g/mol. The standard InChI is InChI=1S/C14H26N2O2S2/c1-6-12(5)16(7-2)20(17,18)14-9-8-13(19-14)10-15-11(3)4/h8-9,11-12,15H,6-7,10H2,1-5H3. The normalized spacial score (nSPS) is 14.2. The second-order valence-electron chi connectivity index (χ2n) is 5.22. The largest absolute Gasteiger partial charge is 0.310 e. The lowest BCUT2D eigenvalue weighted by Crippen LogP contribution is -2.37. The highest BCUT2D eigenvalue weighted by molar-refractivity contribution is 7.91. The fourth-order valence-electron chi connectivity index (χ4n) is 1.93. The second-order valence-corrected chi connectivity index (χ2v) is 8.51. The van der Waals surface area contributed by atoms with E-state index in [0.29, 0.717) is 23.3 Å². The number of thiophene rings is 1. The highest BCUT2D eigenvalue weighted by Gasteiger charge is 2.28. The molecule has 4 nitrogen and oxygen atoms in total. The minimum atomic E-state index is -3.36. The van der Waals surface area contributed by atoms with E-state index in [0.717, 1.165) is 11.3 Å². The van der Waals surface area contributed by atoms with Gasteiger partial charge in [-0.15, -0.1) is 11.3 Å². The third-order valence-corrected chi connectivity index (χ3v) is 6.92. The van der Waals surface area contributed by atoms with Gasteiger partial charge in [-0.3, -0.25) is 0 Å². The van der Waals surface area contributed by atoms with E-state index >= 15 is 0 Å². The van der Waals surface area contributed by atoms with Crippen LogP contribution in [0.3, 0.4) is 0 Å². The van der Waals surface area contributed by atoms with Crippen LogP contribution in [-0.2, 0) is 16.6 Å². The smallest absolute Gasteiger partial charge is 0.252 e. The van der Waals surface area contributed by atoms with Gasteiger partial charge in [0.05, 0.1) is 0 Å². The van der Waals surface area contributed by atoms with E-state index in [2.05, 4.69) is 19.2 Å². The lowest BCUT2D eigenvalue weighted by atomic mass is 10.3. The van der Waals surface area contributed by atoms with Crippen LogP contribution in [0.15, 0.2) is 16.3 Å². The Labute approximate surface area is 127 Å². The molecule has 116 valence electrons. The molecule has 0 amide bonds. The highest BCUT2D eigenvalue weighted by atomic mass is 32.2. The number of nitrogens with one attached hydrogen (secondary N) is 1. The molecule has 0 saturated carbocycles. The molecule has 0 fully saturated rings. The van der Waals surface area contributed by atoms with Gasteiger partial charge in [0.2, 0.25) is 0 Å².